The SMILES string of the molecule is CN(C)CCNCCN1CCCS(=O)(=O)CC1. The molecule has 0 amide bonds. The minimum atomic E-state index is -2.77. The summed E-state index contributed by atoms with van der Waals surface area (Å²) < 4.78 is 22.8. The molecule has 1 fully saturated rings. The molecule has 1 N–H and O–H groups in total. The van der Waals surface area contributed by atoms with Gasteiger partial charge >= 0.3 is 0 Å². The first-order valence-corrected chi connectivity index (χ1v) is 8.10. The van der Waals surface area contributed by atoms with E-state index in [1.807, 2.05) is 0 Å². The number of rotatable bonds is 6. The number of sulfone groups is 1. The molecule has 0 radical (unpaired) electrons. The first kappa shape index (κ1) is 14.9. The molecule has 1 rings (SSSR count). The zero-order valence-electron chi connectivity index (χ0n) is 11.0. The molecule has 0 spiro atoms. The third-order valence-electron chi connectivity index (χ3n) is 2.99. The Kier molecular flexibility index (Phi) is 6.40. The maximum absolute atomic E-state index is 11.4. The fourth-order valence-corrected chi connectivity index (χ4v) is 3.19. The highest BCUT2D eigenvalue weighted by Gasteiger charge is 2.18. The van der Waals surface area contributed by atoms with E-state index in [0.717, 1.165) is 39.1 Å². The number of hydrogen-bond acceptors (Lipinski definition) is 5. The van der Waals surface area contributed by atoms with Gasteiger partial charge in [0.1, 0.15) is 0 Å². The van der Waals surface area contributed by atoms with Crippen LogP contribution >= 0.6 is 0 Å². The van der Waals surface area contributed by atoms with Crippen molar-refractivity contribution >= 4 is 9.84 Å². The van der Waals surface area contributed by atoms with Crippen molar-refractivity contribution in [1.29, 1.82) is 0 Å². The maximum atomic E-state index is 11.4. The van der Waals surface area contributed by atoms with Crippen molar-refractivity contribution in [3.05, 3.63) is 0 Å². The van der Waals surface area contributed by atoms with Crippen LogP contribution in [-0.4, -0.2) is 83.1 Å². The lowest BCUT2D eigenvalue weighted by Gasteiger charge is -2.19. The molecule has 1 saturated heterocycles. The first-order valence-electron chi connectivity index (χ1n) is 6.28. The molecule has 0 aromatic rings. The monoisotopic (exact) mass is 263 g/mol. The Hall–Kier alpha value is -0.170. The molecule has 6 heteroatoms. The van der Waals surface area contributed by atoms with E-state index in [-0.39, 0.29) is 0 Å². The lowest BCUT2D eigenvalue weighted by atomic mass is 10.4. The van der Waals surface area contributed by atoms with Gasteiger partial charge in [-0.2, -0.15) is 0 Å². The Balaban J connectivity index is 2.11. The number of likely N-dealkylation sites (N-methyl/N-ethyl adjacent to an activating group) is 1. The third kappa shape index (κ3) is 6.98. The minimum Gasteiger partial charge on any atom is -0.314 e. The predicted molar refractivity (Wildman–Crippen MR) is 71.1 cm³/mol. The van der Waals surface area contributed by atoms with Crippen molar-refractivity contribution in [2.75, 3.05) is 64.9 Å². The van der Waals surface area contributed by atoms with Crippen LogP contribution in [-0.2, 0) is 9.84 Å². The molecule has 0 aromatic carbocycles. The fourth-order valence-electron chi connectivity index (χ4n) is 1.88. The van der Waals surface area contributed by atoms with E-state index in [9.17, 15) is 8.42 Å². The Bertz CT molecular complexity index is 304. The first-order chi connectivity index (χ1) is 7.99. The summed E-state index contributed by atoms with van der Waals surface area (Å²) in [6, 6.07) is 0. The number of nitrogens with zero attached hydrogens (tertiary/aromatic N) is 2. The molecular weight excluding hydrogens is 238 g/mol. The lowest BCUT2D eigenvalue weighted by molar-refractivity contribution is 0.291. The van der Waals surface area contributed by atoms with E-state index < -0.39 is 9.84 Å². The van der Waals surface area contributed by atoms with Gasteiger partial charge in [0.05, 0.1) is 11.5 Å². The average Bonchev–Trinajstić information content (AvgIpc) is 2.39. The van der Waals surface area contributed by atoms with Gasteiger partial charge in [-0.3, -0.25) is 0 Å². The molecule has 17 heavy (non-hydrogen) atoms. The second kappa shape index (κ2) is 7.31. The van der Waals surface area contributed by atoms with Gasteiger partial charge in [0.15, 0.2) is 9.84 Å². The average molecular weight is 263 g/mol. The van der Waals surface area contributed by atoms with Crippen molar-refractivity contribution < 1.29 is 8.42 Å². The lowest BCUT2D eigenvalue weighted by Crippen LogP contribution is -2.36. The molecule has 5 nitrogen and oxygen atoms in total. The van der Waals surface area contributed by atoms with Gasteiger partial charge in [-0.15, -0.1) is 0 Å². The standard InChI is InChI=1S/C11H25N3O2S/c1-13(2)7-4-12-5-8-14-6-3-10-17(15,16)11-9-14/h12H,3-11H2,1-2H3. The highest BCUT2D eigenvalue weighted by atomic mass is 32.2. The van der Waals surface area contributed by atoms with Crippen LogP contribution in [0.15, 0.2) is 0 Å². The maximum Gasteiger partial charge on any atom is 0.151 e. The van der Waals surface area contributed by atoms with Crippen LogP contribution in [0.3, 0.4) is 0 Å². The summed E-state index contributed by atoms with van der Waals surface area (Å²) in [6.45, 7) is 5.51. The van der Waals surface area contributed by atoms with Gasteiger partial charge in [-0.05, 0) is 27.1 Å². The van der Waals surface area contributed by atoms with Crippen molar-refractivity contribution in [3.8, 4) is 0 Å². The van der Waals surface area contributed by atoms with Gasteiger partial charge in [-0.1, -0.05) is 0 Å². The molecular formula is C11H25N3O2S. The quantitative estimate of drug-likeness (QED) is 0.640. The molecule has 1 aliphatic heterocycles. The van der Waals surface area contributed by atoms with Gasteiger partial charge in [0.25, 0.3) is 0 Å². The van der Waals surface area contributed by atoms with Gasteiger partial charge in [-0.25, -0.2) is 8.42 Å². The van der Waals surface area contributed by atoms with Gasteiger partial charge in [0, 0.05) is 32.7 Å². The Morgan fingerprint density at radius 3 is 2.65 bits per heavy atom. The summed E-state index contributed by atoms with van der Waals surface area (Å²) in [6.07, 6.45) is 0.778. The summed E-state index contributed by atoms with van der Waals surface area (Å²) in [4.78, 5) is 4.39. The molecule has 1 aliphatic rings. The van der Waals surface area contributed by atoms with Crippen molar-refractivity contribution in [1.82, 2.24) is 15.1 Å². The summed E-state index contributed by atoms with van der Waals surface area (Å²) in [7, 11) is 1.35. The van der Waals surface area contributed by atoms with E-state index in [2.05, 4.69) is 29.2 Å². The highest BCUT2D eigenvalue weighted by molar-refractivity contribution is 7.91. The summed E-state index contributed by atoms with van der Waals surface area (Å²) >= 11 is 0. The van der Waals surface area contributed by atoms with E-state index >= 15 is 0 Å². The van der Waals surface area contributed by atoms with Crippen LogP contribution in [0, 0.1) is 0 Å². The van der Waals surface area contributed by atoms with E-state index in [4.69, 9.17) is 0 Å². The molecule has 0 unspecified atom stereocenters. The van der Waals surface area contributed by atoms with E-state index in [1.54, 1.807) is 0 Å². The molecule has 102 valence electrons. The molecule has 0 aromatic heterocycles. The smallest absolute Gasteiger partial charge is 0.151 e. The van der Waals surface area contributed by atoms with Crippen LogP contribution in [0.2, 0.25) is 0 Å². The molecule has 0 bridgehead atoms. The Morgan fingerprint density at radius 1 is 1.18 bits per heavy atom. The van der Waals surface area contributed by atoms with Crippen molar-refractivity contribution in [2.45, 2.75) is 6.42 Å². The van der Waals surface area contributed by atoms with Crippen LogP contribution in [0.5, 0.6) is 0 Å². The van der Waals surface area contributed by atoms with Crippen LogP contribution in [0.4, 0.5) is 0 Å². The third-order valence-corrected chi connectivity index (χ3v) is 4.70. The Morgan fingerprint density at radius 2 is 1.94 bits per heavy atom. The largest absolute Gasteiger partial charge is 0.314 e. The second-order valence-corrected chi connectivity index (χ2v) is 7.20. The number of hydrogen-bond donors (Lipinski definition) is 1. The molecule has 0 atom stereocenters. The van der Waals surface area contributed by atoms with Crippen molar-refractivity contribution in [3.63, 3.8) is 0 Å². The van der Waals surface area contributed by atoms with E-state index in [1.165, 1.54) is 0 Å². The second-order valence-electron chi connectivity index (χ2n) is 4.90. The van der Waals surface area contributed by atoms with Gasteiger partial charge < -0.3 is 15.1 Å². The molecule has 0 aliphatic carbocycles. The summed E-state index contributed by atoms with van der Waals surface area (Å²) in [5, 5.41) is 3.37. The minimum absolute atomic E-state index is 0.324. The van der Waals surface area contributed by atoms with Crippen molar-refractivity contribution in [2.24, 2.45) is 0 Å². The predicted octanol–water partition coefficient (Wildman–Crippen LogP) is -0.742. The van der Waals surface area contributed by atoms with Crippen LogP contribution in [0.1, 0.15) is 6.42 Å². The highest BCUT2D eigenvalue weighted by Crippen LogP contribution is 2.03. The van der Waals surface area contributed by atoms with Crippen LogP contribution in [0.25, 0.3) is 0 Å². The fraction of sp³-hybridized carbons (Fsp3) is 1.00. The zero-order valence-corrected chi connectivity index (χ0v) is 11.8. The van der Waals surface area contributed by atoms with Crippen LogP contribution < -0.4 is 5.32 Å². The summed E-state index contributed by atoms with van der Waals surface area (Å²) in [5.74, 6) is 0.683. The molecule has 0 saturated carbocycles. The van der Waals surface area contributed by atoms with Gasteiger partial charge in [0.2, 0.25) is 0 Å². The number of nitrogens with one attached hydrogen (secondary N) is 1. The summed E-state index contributed by atoms with van der Waals surface area (Å²) in [5.41, 5.74) is 0. The zero-order chi connectivity index (χ0) is 12.7. The normalized spacial score (nSPS) is 21.6. The molecule has 1 heterocycles. The van der Waals surface area contributed by atoms with E-state index in [0.29, 0.717) is 18.1 Å². The Labute approximate surface area is 105 Å². The topological polar surface area (TPSA) is 52.6 Å².